The Morgan fingerprint density at radius 3 is 1.73 bits per heavy atom. The fraction of sp³-hybridized carbons (Fsp3) is 0.100. The molecule has 6 heteroatoms. The molecule has 26 heavy (non-hydrogen) atoms. The molecular formula is C20H17F2NO2S. The summed E-state index contributed by atoms with van der Waals surface area (Å²) in [6.45, 7) is 0. The Balaban J connectivity index is 2.10. The van der Waals surface area contributed by atoms with E-state index >= 15 is 0 Å². The van der Waals surface area contributed by atoms with Crippen LogP contribution in [-0.2, 0) is 10.0 Å². The van der Waals surface area contributed by atoms with Crippen LogP contribution < -0.4 is 0 Å². The van der Waals surface area contributed by atoms with Gasteiger partial charge in [0, 0.05) is 7.05 Å². The first kappa shape index (κ1) is 18.2. The van der Waals surface area contributed by atoms with Crippen molar-refractivity contribution >= 4 is 10.0 Å². The van der Waals surface area contributed by atoms with Gasteiger partial charge in [0.2, 0.25) is 10.0 Å². The Labute approximate surface area is 151 Å². The molecule has 0 aliphatic carbocycles. The van der Waals surface area contributed by atoms with Crippen LogP contribution in [0.25, 0.3) is 0 Å². The predicted molar refractivity (Wildman–Crippen MR) is 96.0 cm³/mol. The molecule has 0 radical (unpaired) electrons. The second-order valence-electron chi connectivity index (χ2n) is 5.82. The summed E-state index contributed by atoms with van der Waals surface area (Å²) in [5, 5.41) is 0. The molecule has 0 fully saturated rings. The van der Waals surface area contributed by atoms with Crippen molar-refractivity contribution < 1.29 is 17.2 Å². The number of nitrogens with zero attached hydrogens (tertiary/aromatic N) is 1. The average molecular weight is 373 g/mol. The highest BCUT2D eigenvalue weighted by atomic mass is 32.2. The van der Waals surface area contributed by atoms with Gasteiger partial charge in [-0.25, -0.2) is 17.2 Å². The molecule has 0 amide bonds. The van der Waals surface area contributed by atoms with E-state index in [4.69, 9.17) is 0 Å². The topological polar surface area (TPSA) is 37.4 Å². The molecule has 3 nitrogen and oxygen atoms in total. The fourth-order valence-corrected chi connectivity index (χ4v) is 4.17. The first-order chi connectivity index (χ1) is 12.4. The van der Waals surface area contributed by atoms with Crippen LogP contribution in [0, 0.1) is 11.6 Å². The van der Waals surface area contributed by atoms with Crippen molar-refractivity contribution in [1.29, 1.82) is 0 Å². The number of sulfonamides is 1. The van der Waals surface area contributed by atoms with Gasteiger partial charge in [0.1, 0.15) is 0 Å². The maximum atomic E-state index is 13.6. The Morgan fingerprint density at radius 1 is 0.769 bits per heavy atom. The van der Waals surface area contributed by atoms with Gasteiger partial charge >= 0.3 is 0 Å². The molecule has 0 aromatic heterocycles. The maximum absolute atomic E-state index is 13.6. The van der Waals surface area contributed by atoms with Gasteiger partial charge in [0.15, 0.2) is 11.6 Å². The van der Waals surface area contributed by atoms with Crippen LogP contribution >= 0.6 is 0 Å². The minimum atomic E-state index is -4.05. The molecule has 134 valence electrons. The monoisotopic (exact) mass is 373 g/mol. The molecule has 0 atom stereocenters. The van der Waals surface area contributed by atoms with E-state index in [1.54, 1.807) is 0 Å². The molecule has 0 bridgehead atoms. The minimum Gasteiger partial charge on any atom is -0.207 e. The third kappa shape index (κ3) is 3.52. The van der Waals surface area contributed by atoms with E-state index < -0.39 is 27.7 Å². The van der Waals surface area contributed by atoms with Gasteiger partial charge in [-0.15, -0.1) is 0 Å². The van der Waals surface area contributed by atoms with Gasteiger partial charge in [-0.2, -0.15) is 4.31 Å². The van der Waals surface area contributed by atoms with Crippen LogP contribution in [-0.4, -0.2) is 19.8 Å². The van der Waals surface area contributed by atoms with Gasteiger partial charge in [-0.05, 0) is 29.3 Å². The van der Waals surface area contributed by atoms with Gasteiger partial charge in [-0.3, -0.25) is 0 Å². The highest BCUT2D eigenvalue weighted by Crippen LogP contribution is 2.32. The number of benzene rings is 3. The summed E-state index contributed by atoms with van der Waals surface area (Å²) < 4.78 is 54.0. The third-order valence-electron chi connectivity index (χ3n) is 4.16. The molecular weight excluding hydrogens is 356 g/mol. The smallest absolute Gasteiger partial charge is 0.207 e. The predicted octanol–water partition coefficient (Wildman–Crippen LogP) is 4.37. The Kier molecular flexibility index (Phi) is 5.15. The number of hydrogen-bond donors (Lipinski definition) is 0. The Hall–Kier alpha value is -2.57. The van der Waals surface area contributed by atoms with E-state index in [1.165, 1.54) is 11.4 Å². The molecule has 0 N–H and O–H groups in total. The Bertz CT molecular complexity index is 953. The molecule has 3 rings (SSSR count). The van der Waals surface area contributed by atoms with E-state index in [0.717, 1.165) is 23.3 Å². The third-order valence-corrected chi connectivity index (χ3v) is 5.98. The summed E-state index contributed by atoms with van der Waals surface area (Å²) in [6, 6.07) is 20.3. The zero-order valence-electron chi connectivity index (χ0n) is 14.0. The van der Waals surface area contributed by atoms with Crippen molar-refractivity contribution in [3.05, 3.63) is 102 Å². The standard InChI is InChI=1S/C20H17F2NO2S/c1-23(26(24,25)17-12-13-18(21)19(22)14-17)20(15-8-4-2-5-9-15)16-10-6-3-7-11-16/h2-14,20H,1H3. The second-order valence-corrected chi connectivity index (χ2v) is 7.82. The quantitative estimate of drug-likeness (QED) is 0.666. The lowest BCUT2D eigenvalue weighted by Crippen LogP contribution is -2.32. The van der Waals surface area contributed by atoms with Crippen LogP contribution in [0.2, 0.25) is 0 Å². The van der Waals surface area contributed by atoms with E-state index in [-0.39, 0.29) is 4.90 Å². The first-order valence-corrected chi connectivity index (χ1v) is 9.38. The molecule has 0 aliphatic heterocycles. The van der Waals surface area contributed by atoms with Gasteiger partial charge in [0.25, 0.3) is 0 Å². The molecule has 0 aliphatic rings. The van der Waals surface area contributed by atoms with E-state index in [0.29, 0.717) is 6.07 Å². The number of halogens is 2. The van der Waals surface area contributed by atoms with E-state index in [1.807, 2.05) is 60.7 Å². The van der Waals surface area contributed by atoms with Crippen molar-refractivity contribution in [2.24, 2.45) is 0 Å². The molecule has 3 aromatic carbocycles. The van der Waals surface area contributed by atoms with Gasteiger partial charge < -0.3 is 0 Å². The molecule has 0 spiro atoms. The van der Waals surface area contributed by atoms with Crippen LogP contribution in [0.15, 0.2) is 83.8 Å². The summed E-state index contributed by atoms with van der Waals surface area (Å²) in [5.41, 5.74) is 1.54. The van der Waals surface area contributed by atoms with E-state index in [9.17, 15) is 17.2 Å². The van der Waals surface area contributed by atoms with Crippen LogP contribution in [0.1, 0.15) is 17.2 Å². The minimum absolute atomic E-state index is 0.296. The summed E-state index contributed by atoms with van der Waals surface area (Å²) in [7, 11) is -2.62. The SMILES string of the molecule is CN(C(c1ccccc1)c1ccccc1)S(=O)(=O)c1ccc(F)c(F)c1. The summed E-state index contributed by atoms with van der Waals surface area (Å²) in [4.78, 5) is -0.296. The zero-order chi connectivity index (χ0) is 18.7. The molecule has 3 aromatic rings. The van der Waals surface area contributed by atoms with Crippen molar-refractivity contribution in [2.75, 3.05) is 7.05 Å². The van der Waals surface area contributed by atoms with Gasteiger partial charge in [-0.1, -0.05) is 60.7 Å². The van der Waals surface area contributed by atoms with Gasteiger partial charge in [0.05, 0.1) is 10.9 Å². The maximum Gasteiger partial charge on any atom is 0.243 e. The van der Waals surface area contributed by atoms with Crippen molar-refractivity contribution in [1.82, 2.24) is 4.31 Å². The highest BCUT2D eigenvalue weighted by Gasteiger charge is 2.30. The highest BCUT2D eigenvalue weighted by molar-refractivity contribution is 7.89. The van der Waals surface area contributed by atoms with Crippen molar-refractivity contribution in [3.8, 4) is 0 Å². The lowest BCUT2D eigenvalue weighted by molar-refractivity contribution is 0.417. The molecule has 0 saturated heterocycles. The first-order valence-electron chi connectivity index (χ1n) is 7.94. The fourth-order valence-electron chi connectivity index (χ4n) is 2.83. The number of rotatable bonds is 5. The van der Waals surface area contributed by atoms with Crippen molar-refractivity contribution in [2.45, 2.75) is 10.9 Å². The summed E-state index contributed by atoms with van der Waals surface area (Å²) in [6.07, 6.45) is 0. The second kappa shape index (κ2) is 7.35. The molecule has 0 heterocycles. The summed E-state index contributed by atoms with van der Waals surface area (Å²) in [5.74, 6) is -2.29. The number of hydrogen-bond acceptors (Lipinski definition) is 2. The normalized spacial score (nSPS) is 11.9. The molecule has 0 unspecified atom stereocenters. The molecule has 0 saturated carbocycles. The van der Waals surface area contributed by atoms with Crippen LogP contribution in [0.5, 0.6) is 0 Å². The average Bonchev–Trinajstić information content (AvgIpc) is 2.66. The van der Waals surface area contributed by atoms with Crippen molar-refractivity contribution in [3.63, 3.8) is 0 Å². The van der Waals surface area contributed by atoms with E-state index in [2.05, 4.69) is 0 Å². The van der Waals surface area contributed by atoms with Crippen LogP contribution in [0.3, 0.4) is 0 Å². The Morgan fingerprint density at radius 2 is 1.27 bits per heavy atom. The summed E-state index contributed by atoms with van der Waals surface area (Å²) >= 11 is 0. The lowest BCUT2D eigenvalue weighted by atomic mass is 9.99. The lowest BCUT2D eigenvalue weighted by Gasteiger charge is -2.28. The largest absolute Gasteiger partial charge is 0.243 e. The van der Waals surface area contributed by atoms with Crippen LogP contribution in [0.4, 0.5) is 8.78 Å². The zero-order valence-corrected chi connectivity index (χ0v) is 14.8.